The van der Waals surface area contributed by atoms with Gasteiger partial charge in [-0.2, -0.15) is 0 Å². The molecule has 0 amide bonds. The molecular formula is C17H28N2. The molecule has 2 rings (SSSR count). The lowest BCUT2D eigenvalue weighted by molar-refractivity contribution is 0.290. The Morgan fingerprint density at radius 1 is 1.05 bits per heavy atom. The van der Waals surface area contributed by atoms with E-state index in [0.29, 0.717) is 12.0 Å². The summed E-state index contributed by atoms with van der Waals surface area (Å²) in [6.07, 6.45) is 10.6. The summed E-state index contributed by atoms with van der Waals surface area (Å²) in [5.74, 6) is 6.54. The van der Waals surface area contributed by atoms with Crippen LogP contribution < -0.4 is 11.3 Å². The van der Waals surface area contributed by atoms with Gasteiger partial charge in [0.1, 0.15) is 0 Å². The number of nitrogens with two attached hydrogens (primary N) is 1. The van der Waals surface area contributed by atoms with Crippen molar-refractivity contribution < 1.29 is 0 Å². The van der Waals surface area contributed by atoms with E-state index in [-0.39, 0.29) is 0 Å². The van der Waals surface area contributed by atoms with E-state index in [4.69, 9.17) is 5.84 Å². The van der Waals surface area contributed by atoms with Crippen molar-refractivity contribution in [2.75, 3.05) is 0 Å². The maximum absolute atomic E-state index is 5.85. The molecule has 1 aromatic rings. The smallest absolute Gasteiger partial charge is 0.0488 e. The van der Waals surface area contributed by atoms with Gasteiger partial charge in [0.25, 0.3) is 0 Å². The van der Waals surface area contributed by atoms with Crippen molar-refractivity contribution in [3.63, 3.8) is 0 Å². The van der Waals surface area contributed by atoms with Crippen molar-refractivity contribution in [3.05, 3.63) is 35.4 Å². The second kappa shape index (κ2) is 7.66. The molecule has 2 heteroatoms. The van der Waals surface area contributed by atoms with Gasteiger partial charge in [-0.15, -0.1) is 0 Å². The lowest BCUT2D eigenvalue weighted by atomic mass is 9.83. The monoisotopic (exact) mass is 260 g/mol. The Kier molecular flexibility index (Phi) is 5.87. The fourth-order valence-corrected chi connectivity index (χ4v) is 3.29. The van der Waals surface area contributed by atoms with Gasteiger partial charge >= 0.3 is 0 Å². The summed E-state index contributed by atoms with van der Waals surface area (Å²) in [7, 11) is 0. The topological polar surface area (TPSA) is 38.0 Å². The molecule has 1 unspecified atom stereocenters. The molecule has 1 fully saturated rings. The molecule has 0 bridgehead atoms. The Labute approximate surface area is 117 Å². The molecule has 0 saturated heterocycles. The summed E-state index contributed by atoms with van der Waals surface area (Å²) in [5.41, 5.74) is 5.83. The van der Waals surface area contributed by atoms with Crippen LogP contribution in [0.3, 0.4) is 0 Å². The van der Waals surface area contributed by atoms with Crippen LogP contribution in [0.2, 0.25) is 0 Å². The van der Waals surface area contributed by atoms with E-state index >= 15 is 0 Å². The highest BCUT2D eigenvalue weighted by molar-refractivity contribution is 5.25. The Balaban J connectivity index is 2.07. The molecule has 1 aliphatic rings. The normalized spacial score (nSPS) is 19.7. The van der Waals surface area contributed by atoms with Crippen LogP contribution in [0.4, 0.5) is 0 Å². The molecular weight excluding hydrogens is 232 g/mol. The number of rotatable bonds is 4. The molecule has 0 aromatic heterocycles. The molecule has 1 aliphatic carbocycles. The van der Waals surface area contributed by atoms with Crippen molar-refractivity contribution in [2.45, 2.75) is 64.3 Å². The van der Waals surface area contributed by atoms with Crippen LogP contribution in [-0.4, -0.2) is 0 Å². The third-order valence-corrected chi connectivity index (χ3v) is 4.55. The molecule has 106 valence electrons. The SMILES string of the molecule is CCc1ccc(C(NN)C2CCCCCCC2)cc1. The van der Waals surface area contributed by atoms with E-state index in [1.165, 1.54) is 56.1 Å². The molecule has 2 nitrogen and oxygen atoms in total. The average molecular weight is 260 g/mol. The molecule has 1 saturated carbocycles. The van der Waals surface area contributed by atoms with E-state index in [1.807, 2.05) is 0 Å². The second-order valence-electron chi connectivity index (χ2n) is 5.84. The first-order valence-electron chi connectivity index (χ1n) is 7.90. The van der Waals surface area contributed by atoms with Gasteiger partial charge in [0.15, 0.2) is 0 Å². The zero-order valence-corrected chi connectivity index (χ0v) is 12.2. The van der Waals surface area contributed by atoms with Gasteiger partial charge in [-0.05, 0) is 36.3 Å². The summed E-state index contributed by atoms with van der Waals surface area (Å²) < 4.78 is 0. The van der Waals surface area contributed by atoms with Crippen molar-refractivity contribution >= 4 is 0 Å². The first kappa shape index (κ1) is 14.5. The zero-order chi connectivity index (χ0) is 13.5. The summed E-state index contributed by atoms with van der Waals surface area (Å²) in [4.78, 5) is 0. The van der Waals surface area contributed by atoms with Crippen LogP contribution in [0.5, 0.6) is 0 Å². The molecule has 1 atom stereocenters. The fraction of sp³-hybridized carbons (Fsp3) is 0.647. The maximum atomic E-state index is 5.85. The quantitative estimate of drug-likeness (QED) is 0.631. The molecule has 1 aromatic carbocycles. The predicted molar refractivity (Wildman–Crippen MR) is 81.7 cm³/mol. The Hall–Kier alpha value is -0.860. The molecule has 0 heterocycles. The Bertz CT molecular complexity index is 350. The standard InChI is InChI=1S/C17H28N2/c1-2-14-10-12-16(13-11-14)17(19-18)15-8-6-4-3-5-7-9-15/h10-13,15,17,19H,2-9,18H2,1H3. The highest BCUT2D eigenvalue weighted by Gasteiger charge is 2.22. The third kappa shape index (κ3) is 4.05. The molecule has 0 radical (unpaired) electrons. The summed E-state index contributed by atoms with van der Waals surface area (Å²) >= 11 is 0. The molecule has 3 N–H and O–H groups in total. The molecule has 0 aliphatic heterocycles. The van der Waals surface area contributed by atoms with Crippen LogP contribution in [0, 0.1) is 5.92 Å². The molecule has 0 spiro atoms. The number of hydrazine groups is 1. The third-order valence-electron chi connectivity index (χ3n) is 4.55. The molecule has 19 heavy (non-hydrogen) atoms. The van der Waals surface area contributed by atoms with Crippen molar-refractivity contribution in [2.24, 2.45) is 11.8 Å². The number of hydrogen-bond acceptors (Lipinski definition) is 2. The first-order valence-corrected chi connectivity index (χ1v) is 7.90. The van der Waals surface area contributed by atoms with E-state index in [2.05, 4.69) is 36.6 Å². The number of nitrogens with one attached hydrogen (secondary N) is 1. The van der Waals surface area contributed by atoms with Gasteiger partial charge in [0.05, 0.1) is 0 Å². The van der Waals surface area contributed by atoms with Crippen molar-refractivity contribution in [1.29, 1.82) is 0 Å². The van der Waals surface area contributed by atoms with Gasteiger partial charge in [-0.25, -0.2) is 0 Å². The van der Waals surface area contributed by atoms with E-state index in [0.717, 1.165) is 6.42 Å². The highest BCUT2D eigenvalue weighted by Crippen LogP contribution is 2.32. The van der Waals surface area contributed by atoms with E-state index < -0.39 is 0 Å². The van der Waals surface area contributed by atoms with Crippen LogP contribution in [0.25, 0.3) is 0 Å². The lowest BCUT2D eigenvalue weighted by Crippen LogP contribution is -2.34. The number of hydrogen-bond donors (Lipinski definition) is 2. The lowest BCUT2D eigenvalue weighted by Gasteiger charge is -2.28. The minimum atomic E-state index is 0.323. The Morgan fingerprint density at radius 3 is 2.16 bits per heavy atom. The van der Waals surface area contributed by atoms with Gasteiger partial charge in [-0.1, -0.05) is 63.3 Å². The van der Waals surface area contributed by atoms with Gasteiger partial charge in [-0.3, -0.25) is 11.3 Å². The minimum Gasteiger partial charge on any atom is -0.271 e. The zero-order valence-electron chi connectivity index (χ0n) is 12.2. The van der Waals surface area contributed by atoms with Crippen LogP contribution in [0.1, 0.15) is 69.0 Å². The van der Waals surface area contributed by atoms with E-state index in [9.17, 15) is 0 Å². The van der Waals surface area contributed by atoms with Crippen LogP contribution in [-0.2, 0) is 6.42 Å². The van der Waals surface area contributed by atoms with Gasteiger partial charge in [0, 0.05) is 6.04 Å². The van der Waals surface area contributed by atoms with Crippen LogP contribution in [0.15, 0.2) is 24.3 Å². The number of aryl methyl sites for hydroxylation is 1. The van der Waals surface area contributed by atoms with Gasteiger partial charge in [0.2, 0.25) is 0 Å². The number of benzene rings is 1. The maximum Gasteiger partial charge on any atom is 0.0488 e. The largest absolute Gasteiger partial charge is 0.271 e. The summed E-state index contributed by atoms with van der Waals surface area (Å²) in [5, 5.41) is 0. The van der Waals surface area contributed by atoms with Crippen molar-refractivity contribution in [3.8, 4) is 0 Å². The second-order valence-corrected chi connectivity index (χ2v) is 5.84. The fourth-order valence-electron chi connectivity index (χ4n) is 3.29. The predicted octanol–water partition coefficient (Wildman–Crippen LogP) is 4.11. The van der Waals surface area contributed by atoms with E-state index in [1.54, 1.807) is 0 Å². The highest BCUT2D eigenvalue weighted by atomic mass is 15.2. The summed E-state index contributed by atoms with van der Waals surface area (Å²) in [6, 6.07) is 9.30. The van der Waals surface area contributed by atoms with Crippen molar-refractivity contribution in [1.82, 2.24) is 5.43 Å². The summed E-state index contributed by atoms with van der Waals surface area (Å²) in [6.45, 7) is 2.20. The Morgan fingerprint density at radius 2 is 1.63 bits per heavy atom. The average Bonchev–Trinajstić information content (AvgIpc) is 2.42. The first-order chi connectivity index (χ1) is 9.35. The van der Waals surface area contributed by atoms with Gasteiger partial charge < -0.3 is 0 Å². The van der Waals surface area contributed by atoms with Crippen LogP contribution >= 0.6 is 0 Å². The minimum absolute atomic E-state index is 0.323.